The second-order valence-corrected chi connectivity index (χ2v) is 7.35. The van der Waals surface area contributed by atoms with Crippen molar-refractivity contribution >= 4 is 40.1 Å². The van der Waals surface area contributed by atoms with E-state index in [4.69, 9.17) is 9.47 Å². The lowest BCUT2D eigenvalue weighted by molar-refractivity contribution is -0.118. The Bertz CT molecular complexity index is 1200. The molecule has 0 fully saturated rings. The SMILES string of the molecule is COC(=O)c1cc(NC(=O)C(C)C)cc(C(=O)COC(=O)c2cc3ccccc3cn2)c1. The van der Waals surface area contributed by atoms with Crippen LogP contribution in [0.4, 0.5) is 5.69 Å². The molecule has 32 heavy (non-hydrogen) atoms. The second kappa shape index (κ2) is 9.82. The van der Waals surface area contributed by atoms with Gasteiger partial charge in [0.1, 0.15) is 5.69 Å². The van der Waals surface area contributed by atoms with Crippen molar-refractivity contribution in [3.05, 3.63) is 71.5 Å². The van der Waals surface area contributed by atoms with Crippen LogP contribution in [-0.2, 0) is 14.3 Å². The summed E-state index contributed by atoms with van der Waals surface area (Å²) in [5, 5.41) is 4.33. The Balaban J connectivity index is 1.77. The van der Waals surface area contributed by atoms with Gasteiger partial charge in [-0.05, 0) is 29.7 Å². The summed E-state index contributed by atoms with van der Waals surface area (Å²) >= 11 is 0. The quantitative estimate of drug-likeness (QED) is 0.446. The lowest BCUT2D eigenvalue weighted by Crippen LogP contribution is -2.19. The van der Waals surface area contributed by atoms with E-state index in [1.807, 2.05) is 24.3 Å². The molecule has 0 unspecified atom stereocenters. The van der Waals surface area contributed by atoms with Crippen LogP contribution in [0.15, 0.2) is 54.7 Å². The number of nitrogens with zero attached hydrogens (tertiary/aromatic N) is 1. The number of carbonyl (C=O) groups is 4. The predicted molar refractivity (Wildman–Crippen MR) is 118 cm³/mol. The van der Waals surface area contributed by atoms with Crippen molar-refractivity contribution in [2.45, 2.75) is 13.8 Å². The lowest BCUT2D eigenvalue weighted by atomic mass is 10.1. The Kier molecular flexibility index (Phi) is 6.94. The molecule has 0 radical (unpaired) electrons. The number of Topliss-reactive ketones (excluding diaryl/α,β-unsaturated/α-hetero) is 1. The summed E-state index contributed by atoms with van der Waals surface area (Å²) in [4.78, 5) is 53.1. The minimum absolute atomic E-state index is 0.0738. The van der Waals surface area contributed by atoms with E-state index in [0.29, 0.717) is 0 Å². The van der Waals surface area contributed by atoms with Gasteiger partial charge in [-0.1, -0.05) is 38.1 Å². The molecule has 0 aliphatic rings. The van der Waals surface area contributed by atoms with Gasteiger partial charge in [-0.15, -0.1) is 0 Å². The maximum atomic E-state index is 12.7. The average molecular weight is 434 g/mol. The number of fused-ring (bicyclic) bond motifs is 1. The van der Waals surface area contributed by atoms with Crippen molar-refractivity contribution < 1.29 is 28.7 Å². The van der Waals surface area contributed by atoms with Gasteiger partial charge in [-0.25, -0.2) is 14.6 Å². The van der Waals surface area contributed by atoms with Gasteiger partial charge < -0.3 is 14.8 Å². The molecule has 0 aliphatic heterocycles. The third-order valence-corrected chi connectivity index (χ3v) is 4.64. The summed E-state index contributed by atoms with van der Waals surface area (Å²) in [6.07, 6.45) is 1.55. The Hall–Kier alpha value is -4.07. The van der Waals surface area contributed by atoms with Crippen molar-refractivity contribution in [1.82, 2.24) is 4.98 Å². The van der Waals surface area contributed by atoms with Crippen LogP contribution in [0.3, 0.4) is 0 Å². The summed E-state index contributed by atoms with van der Waals surface area (Å²) in [5.74, 6) is -2.55. The van der Waals surface area contributed by atoms with E-state index in [-0.39, 0.29) is 34.3 Å². The Morgan fingerprint density at radius 1 is 0.938 bits per heavy atom. The van der Waals surface area contributed by atoms with Gasteiger partial charge in [0.15, 0.2) is 12.4 Å². The molecule has 0 aliphatic carbocycles. The Morgan fingerprint density at radius 2 is 1.62 bits per heavy atom. The zero-order chi connectivity index (χ0) is 23.3. The maximum absolute atomic E-state index is 12.7. The highest BCUT2D eigenvalue weighted by atomic mass is 16.5. The molecule has 1 amide bonds. The minimum Gasteiger partial charge on any atom is -0.465 e. The number of amides is 1. The number of hydrogen-bond donors (Lipinski definition) is 1. The van der Waals surface area contributed by atoms with E-state index >= 15 is 0 Å². The molecule has 164 valence electrons. The van der Waals surface area contributed by atoms with Crippen LogP contribution in [0.2, 0.25) is 0 Å². The zero-order valence-corrected chi connectivity index (χ0v) is 17.9. The number of pyridine rings is 1. The van der Waals surface area contributed by atoms with Gasteiger partial charge in [0.05, 0.1) is 12.7 Å². The molecule has 8 nitrogen and oxygen atoms in total. The van der Waals surface area contributed by atoms with Crippen LogP contribution in [0.5, 0.6) is 0 Å². The number of methoxy groups -OCH3 is 1. The lowest BCUT2D eigenvalue weighted by Gasteiger charge is -2.11. The van der Waals surface area contributed by atoms with Crippen molar-refractivity contribution in [3.8, 4) is 0 Å². The van der Waals surface area contributed by atoms with Crippen LogP contribution in [-0.4, -0.2) is 42.3 Å². The largest absolute Gasteiger partial charge is 0.465 e. The molecular weight excluding hydrogens is 412 g/mol. The monoisotopic (exact) mass is 434 g/mol. The highest BCUT2D eigenvalue weighted by molar-refractivity contribution is 6.04. The molecule has 0 bridgehead atoms. The van der Waals surface area contributed by atoms with Crippen LogP contribution in [0.25, 0.3) is 10.8 Å². The minimum atomic E-state index is -0.749. The van der Waals surface area contributed by atoms with Crippen LogP contribution in [0, 0.1) is 5.92 Å². The molecule has 0 saturated heterocycles. The van der Waals surface area contributed by atoms with Gasteiger partial charge in [-0.2, -0.15) is 0 Å². The van der Waals surface area contributed by atoms with Crippen molar-refractivity contribution in [2.24, 2.45) is 5.92 Å². The third-order valence-electron chi connectivity index (χ3n) is 4.64. The third kappa shape index (κ3) is 5.34. The number of aromatic nitrogens is 1. The van der Waals surface area contributed by atoms with Crippen LogP contribution < -0.4 is 5.32 Å². The van der Waals surface area contributed by atoms with Crippen LogP contribution >= 0.6 is 0 Å². The number of ether oxygens (including phenoxy) is 2. The molecular formula is C24H22N2O6. The number of esters is 2. The molecule has 8 heteroatoms. The van der Waals surface area contributed by atoms with Gasteiger partial charge >= 0.3 is 11.9 Å². The number of ketones is 1. The smallest absolute Gasteiger partial charge is 0.357 e. The highest BCUT2D eigenvalue weighted by Crippen LogP contribution is 2.18. The summed E-state index contributed by atoms with van der Waals surface area (Å²) in [6, 6.07) is 13.1. The summed E-state index contributed by atoms with van der Waals surface area (Å²) in [6.45, 7) is 2.87. The van der Waals surface area contributed by atoms with Crippen LogP contribution in [0.1, 0.15) is 45.1 Å². The van der Waals surface area contributed by atoms with Crippen molar-refractivity contribution in [3.63, 3.8) is 0 Å². The first-order valence-electron chi connectivity index (χ1n) is 9.88. The van der Waals surface area contributed by atoms with E-state index in [1.165, 1.54) is 25.3 Å². The Morgan fingerprint density at radius 3 is 2.31 bits per heavy atom. The molecule has 0 saturated carbocycles. The standard InChI is InChI=1S/C24H22N2O6/c1-14(2)22(28)26-19-9-17(8-18(10-19)23(29)31-3)21(27)13-32-24(30)20-11-15-6-4-5-7-16(15)12-25-20/h4-12,14H,13H2,1-3H3,(H,26,28). The van der Waals surface area contributed by atoms with Gasteiger partial charge in [0.25, 0.3) is 0 Å². The predicted octanol–water partition coefficient (Wildman–Crippen LogP) is 3.66. The Labute approximate surface area is 184 Å². The van der Waals surface area contributed by atoms with E-state index in [9.17, 15) is 19.2 Å². The molecule has 1 aromatic heterocycles. The molecule has 0 spiro atoms. The first-order valence-corrected chi connectivity index (χ1v) is 9.88. The fourth-order valence-electron chi connectivity index (χ4n) is 2.87. The maximum Gasteiger partial charge on any atom is 0.357 e. The molecule has 0 atom stereocenters. The van der Waals surface area contributed by atoms with Crippen molar-refractivity contribution in [1.29, 1.82) is 0 Å². The molecule has 1 N–H and O–H groups in total. The second-order valence-electron chi connectivity index (χ2n) is 7.35. The number of anilines is 1. The summed E-state index contributed by atoms with van der Waals surface area (Å²) in [5.41, 5.74) is 0.508. The molecule has 2 aromatic carbocycles. The zero-order valence-electron chi connectivity index (χ0n) is 17.9. The fourth-order valence-corrected chi connectivity index (χ4v) is 2.87. The highest BCUT2D eigenvalue weighted by Gasteiger charge is 2.18. The number of carbonyl (C=O) groups excluding carboxylic acids is 4. The first kappa shape index (κ1) is 22.6. The number of nitrogens with one attached hydrogen (secondary N) is 1. The normalized spacial score (nSPS) is 10.6. The number of hydrogen-bond acceptors (Lipinski definition) is 7. The van der Waals surface area contributed by atoms with Gasteiger partial charge in [0, 0.05) is 28.8 Å². The van der Waals surface area contributed by atoms with Gasteiger partial charge in [0.2, 0.25) is 5.91 Å². The molecule has 1 heterocycles. The van der Waals surface area contributed by atoms with E-state index < -0.39 is 24.3 Å². The topological polar surface area (TPSA) is 112 Å². The van der Waals surface area contributed by atoms with E-state index in [2.05, 4.69) is 10.3 Å². The summed E-state index contributed by atoms with van der Waals surface area (Å²) < 4.78 is 9.84. The molecule has 3 rings (SSSR count). The van der Waals surface area contributed by atoms with E-state index in [1.54, 1.807) is 26.1 Å². The average Bonchev–Trinajstić information content (AvgIpc) is 2.81. The molecule has 3 aromatic rings. The van der Waals surface area contributed by atoms with E-state index in [0.717, 1.165) is 10.8 Å². The number of benzene rings is 2. The first-order chi connectivity index (χ1) is 15.3. The number of rotatable bonds is 7. The fraction of sp³-hybridized carbons (Fsp3) is 0.208. The summed E-state index contributed by atoms with van der Waals surface area (Å²) in [7, 11) is 1.21. The van der Waals surface area contributed by atoms with Gasteiger partial charge in [-0.3, -0.25) is 9.59 Å². The van der Waals surface area contributed by atoms with Crippen molar-refractivity contribution in [2.75, 3.05) is 19.0 Å².